The molecule has 4 rings (SSSR count). The minimum Gasteiger partial charge on any atom is -0.547 e. The Kier molecular flexibility index (Phi) is 11.0. The maximum atomic E-state index is 14.0. The number of likely N-dealkylation sites (tertiary alicyclic amines) is 2. The van der Waals surface area contributed by atoms with E-state index in [2.05, 4.69) is 0 Å². The van der Waals surface area contributed by atoms with E-state index in [-0.39, 0.29) is 42.0 Å². The van der Waals surface area contributed by atoms with Gasteiger partial charge in [0.25, 0.3) is 0 Å². The Morgan fingerprint density at radius 1 is 1.00 bits per heavy atom. The number of amides is 2. The van der Waals surface area contributed by atoms with Gasteiger partial charge in [-0.1, -0.05) is 60.7 Å². The minimum atomic E-state index is -1.94. The van der Waals surface area contributed by atoms with E-state index in [4.69, 9.17) is 5.73 Å². The molecule has 2 aliphatic heterocycles. The first-order valence-electron chi connectivity index (χ1n) is 13.4. The molecular weight excluding hydrogens is 524 g/mol. The van der Waals surface area contributed by atoms with E-state index in [0.717, 1.165) is 11.1 Å². The fraction of sp³-hybridized carbons (Fsp3) is 0.483. The second-order valence-corrected chi connectivity index (χ2v) is 11.7. The van der Waals surface area contributed by atoms with Crippen LogP contribution in [0.15, 0.2) is 60.7 Å². The minimum absolute atomic E-state index is 0. The van der Waals surface area contributed by atoms with Crippen LogP contribution in [0.3, 0.4) is 0 Å². The van der Waals surface area contributed by atoms with Gasteiger partial charge in [0.05, 0.1) is 20.5 Å². The van der Waals surface area contributed by atoms with Crippen LogP contribution < -0.4 is 40.4 Å². The van der Waals surface area contributed by atoms with Crippen LogP contribution in [-0.4, -0.2) is 58.0 Å². The molecule has 2 fully saturated rings. The molecule has 0 aromatic heterocycles. The van der Waals surface area contributed by atoms with Crippen LogP contribution >= 0.6 is 8.46 Å². The van der Waals surface area contributed by atoms with E-state index < -0.39 is 43.1 Å². The Balaban J connectivity index is 0.00000420. The molecule has 0 saturated carbocycles. The smallest absolute Gasteiger partial charge is 0.547 e. The number of nitrogens with zero attached hydrogens (tertiary/aromatic N) is 2. The summed E-state index contributed by atoms with van der Waals surface area (Å²) in [5, 5.41) is 11.1. The van der Waals surface area contributed by atoms with Crippen molar-refractivity contribution in [2.75, 3.05) is 13.1 Å². The van der Waals surface area contributed by atoms with Gasteiger partial charge in [-0.3, -0.25) is 9.59 Å². The van der Waals surface area contributed by atoms with E-state index >= 15 is 0 Å². The quantitative estimate of drug-likeness (QED) is 0.294. The summed E-state index contributed by atoms with van der Waals surface area (Å²) in [6.07, 6.45) is 3.52. The van der Waals surface area contributed by atoms with Crippen molar-refractivity contribution in [3.05, 3.63) is 71.8 Å². The average Bonchev–Trinajstić information content (AvgIpc) is 3.55. The molecule has 2 aromatic carbocycles. The van der Waals surface area contributed by atoms with Crippen LogP contribution in [-0.2, 0) is 31.8 Å². The van der Waals surface area contributed by atoms with Crippen LogP contribution in [0, 0.1) is 5.41 Å². The number of aliphatic carboxylic acids is 1. The number of carbonyl (C=O) groups excluding carboxylic acids is 3. The standard InChI is InChI=1S/C29H38N3O5P.Na/c1-21(30)25(33)31-19-8-13-24(31)26(34)32-20-18-28(29(32,38-37)27(35)36,16-14-22-9-4-2-5-10-22)17-15-23-11-6-3-7-12-23;/h2-7,9-12,21,24H,8,13-20,30,38H2,1H3,(H,35,36);/q;+1/p-1/t21-,24-,29-;/m0./s1. The van der Waals surface area contributed by atoms with Crippen LogP contribution in [0.2, 0.25) is 0 Å². The summed E-state index contributed by atoms with van der Waals surface area (Å²) in [4.78, 5) is 42.5. The Morgan fingerprint density at radius 3 is 2.00 bits per heavy atom. The second kappa shape index (κ2) is 13.6. The Bertz CT molecular complexity index is 1120. The van der Waals surface area contributed by atoms with E-state index in [0.29, 0.717) is 51.5 Å². The predicted octanol–water partition coefficient (Wildman–Crippen LogP) is -0.985. The van der Waals surface area contributed by atoms with Gasteiger partial charge in [-0.15, -0.1) is 0 Å². The third-order valence-corrected chi connectivity index (χ3v) is 9.98. The molecule has 0 bridgehead atoms. The van der Waals surface area contributed by atoms with Crippen molar-refractivity contribution >= 4 is 26.2 Å². The van der Waals surface area contributed by atoms with Crippen LogP contribution in [0.1, 0.15) is 50.2 Å². The monoisotopic (exact) mass is 561 g/mol. The molecule has 0 aliphatic carbocycles. The third-order valence-electron chi connectivity index (χ3n) is 8.48. The maximum absolute atomic E-state index is 14.0. The molecule has 39 heavy (non-hydrogen) atoms. The third kappa shape index (κ3) is 6.20. The molecule has 0 radical (unpaired) electrons. The first kappa shape index (κ1) is 31.6. The summed E-state index contributed by atoms with van der Waals surface area (Å²) in [5.74, 6) is -2.28. The van der Waals surface area contributed by atoms with Gasteiger partial charge in [0.15, 0.2) is 0 Å². The van der Waals surface area contributed by atoms with Gasteiger partial charge in [-0.25, -0.2) is 0 Å². The predicted molar refractivity (Wildman–Crippen MR) is 145 cm³/mol. The summed E-state index contributed by atoms with van der Waals surface area (Å²) >= 11 is 0. The molecule has 0 spiro atoms. The SMILES string of the molecule is C[C@H](N)C(=O)N1CCC[C@H]1C(=O)N1CCC(CCc2ccccc2)(CCc2ccccc2)[C@@]1([PH2]=O)C(=O)[O-].[Na+]. The molecule has 204 valence electrons. The van der Waals surface area contributed by atoms with Crippen molar-refractivity contribution in [1.29, 1.82) is 0 Å². The Hall–Kier alpha value is -1.96. The van der Waals surface area contributed by atoms with E-state index in [1.54, 1.807) is 6.92 Å². The summed E-state index contributed by atoms with van der Waals surface area (Å²) in [6.45, 7) is 2.12. The van der Waals surface area contributed by atoms with E-state index in [1.165, 1.54) is 9.80 Å². The van der Waals surface area contributed by atoms with Crippen molar-refractivity contribution < 1.29 is 53.6 Å². The average molecular weight is 562 g/mol. The number of aryl methyl sites for hydroxylation is 2. The molecule has 2 aromatic rings. The van der Waals surface area contributed by atoms with Crippen molar-refractivity contribution in [3.63, 3.8) is 0 Å². The van der Waals surface area contributed by atoms with Crippen molar-refractivity contribution in [2.45, 2.75) is 69.2 Å². The summed E-state index contributed by atoms with van der Waals surface area (Å²) < 4.78 is 13.2. The molecular formula is C29H37N3NaO5P. The molecule has 2 amide bonds. The topological polar surface area (TPSA) is 124 Å². The fourth-order valence-electron chi connectivity index (χ4n) is 6.37. The normalized spacial score (nSPS) is 23.1. The van der Waals surface area contributed by atoms with Gasteiger partial charge in [0.2, 0.25) is 11.8 Å². The van der Waals surface area contributed by atoms with Crippen LogP contribution in [0.4, 0.5) is 0 Å². The van der Waals surface area contributed by atoms with E-state index in [9.17, 15) is 24.1 Å². The van der Waals surface area contributed by atoms with Gasteiger partial charge in [0.1, 0.15) is 11.3 Å². The first-order valence-corrected chi connectivity index (χ1v) is 14.4. The molecule has 8 nitrogen and oxygen atoms in total. The largest absolute Gasteiger partial charge is 1.00 e. The molecule has 2 saturated heterocycles. The molecule has 2 N–H and O–H groups in total. The van der Waals surface area contributed by atoms with Gasteiger partial charge in [-0.05, 0) is 63.0 Å². The molecule has 10 heteroatoms. The zero-order chi connectivity index (χ0) is 27.3. The maximum Gasteiger partial charge on any atom is 1.00 e. The van der Waals surface area contributed by atoms with Crippen LogP contribution in [0.5, 0.6) is 0 Å². The number of hydrogen-bond acceptors (Lipinski definition) is 6. The zero-order valence-corrected chi connectivity index (χ0v) is 26.0. The number of hydrogen-bond donors (Lipinski definition) is 1. The molecule has 1 unspecified atom stereocenters. The Morgan fingerprint density at radius 2 is 1.54 bits per heavy atom. The summed E-state index contributed by atoms with van der Waals surface area (Å²) in [7, 11) is -1.94. The molecule has 4 atom stereocenters. The number of benzene rings is 2. The van der Waals surface area contributed by atoms with E-state index in [1.807, 2.05) is 60.7 Å². The number of rotatable bonds is 10. The second-order valence-electron chi connectivity index (χ2n) is 10.6. The Labute approximate surface area is 253 Å². The number of carbonyl (C=O) groups is 3. The van der Waals surface area contributed by atoms with Gasteiger partial charge in [0, 0.05) is 18.5 Å². The molecule has 2 aliphatic rings. The van der Waals surface area contributed by atoms with Crippen molar-refractivity contribution in [3.8, 4) is 0 Å². The first-order chi connectivity index (χ1) is 18.3. The zero-order valence-electron chi connectivity index (χ0n) is 22.9. The fourth-order valence-corrected chi connectivity index (χ4v) is 7.53. The molecule has 2 heterocycles. The number of carboxylic acid groups (broad SMARTS) is 1. The van der Waals surface area contributed by atoms with Crippen molar-refractivity contribution in [1.82, 2.24) is 9.80 Å². The number of carboxylic acids is 1. The summed E-state index contributed by atoms with van der Waals surface area (Å²) in [6, 6.07) is 18.0. The number of nitrogens with two attached hydrogens (primary N) is 1. The van der Waals surface area contributed by atoms with Crippen molar-refractivity contribution in [2.24, 2.45) is 11.1 Å². The van der Waals surface area contributed by atoms with Crippen LogP contribution in [0.25, 0.3) is 0 Å². The van der Waals surface area contributed by atoms with Gasteiger partial charge < -0.3 is 30.0 Å². The summed E-state index contributed by atoms with van der Waals surface area (Å²) in [5.41, 5.74) is 6.98. The van der Waals surface area contributed by atoms with Gasteiger partial charge in [-0.2, -0.15) is 0 Å². The van der Waals surface area contributed by atoms with Gasteiger partial charge >= 0.3 is 29.6 Å².